The number of carbonyl (C=O) groups excluding carboxylic acids is 3. The van der Waals surface area contributed by atoms with E-state index in [0.717, 1.165) is 6.92 Å². The number of H-pyrrole nitrogens is 1. The van der Waals surface area contributed by atoms with Gasteiger partial charge in [0.2, 0.25) is 5.95 Å². The zero-order valence-electron chi connectivity index (χ0n) is 21.5. The summed E-state index contributed by atoms with van der Waals surface area (Å²) >= 11 is 0. The number of fused-ring (bicyclic) bond motifs is 1. The molecule has 2 aromatic heterocycles. The number of amides is 1. The Morgan fingerprint density at radius 2 is 1.87 bits per heavy atom. The fourth-order valence-electron chi connectivity index (χ4n) is 3.58. The van der Waals surface area contributed by atoms with Crippen LogP contribution in [0.5, 0.6) is 0 Å². The summed E-state index contributed by atoms with van der Waals surface area (Å²) in [5, 5.41) is 2.41. The topological polar surface area (TPSA) is 190 Å². The predicted octanol–water partition coefficient (Wildman–Crippen LogP) is 1.59. The van der Waals surface area contributed by atoms with Crippen molar-refractivity contribution in [2.24, 2.45) is 0 Å². The molecule has 3 aromatic rings. The van der Waals surface area contributed by atoms with E-state index in [9.17, 15) is 19.2 Å². The van der Waals surface area contributed by atoms with E-state index in [1.165, 1.54) is 24.7 Å². The molecule has 204 valence electrons. The molecule has 1 atom stereocenters. The Kier molecular flexibility index (Phi) is 8.68. The van der Waals surface area contributed by atoms with E-state index in [0.29, 0.717) is 12.0 Å². The van der Waals surface area contributed by atoms with Gasteiger partial charge in [-0.25, -0.2) is 14.6 Å². The van der Waals surface area contributed by atoms with Gasteiger partial charge in [0.1, 0.15) is 13.3 Å². The van der Waals surface area contributed by atoms with E-state index in [1.54, 1.807) is 31.2 Å². The lowest BCUT2D eigenvalue weighted by Crippen LogP contribution is -2.70. The van der Waals surface area contributed by atoms with Crippen molar-refractivity contribution in [3.8, 4) is 0 Å². The molecule has 4 N–H and O–H groups in total. The molecule has 0 spiro atoms. The maximum Gasteiger partial charge on any atom is 0.410 e. The molecule has 0 saturated carbocycles. The SMILES string of the molecule is CCCOC(=O)[C@](NC(=O)OCc1ccccc1)(OCn1cnc2c(=O)[nH]c(N)nc21)C(C)(C)OC(C)=O. The monoisotopic (exact) mass is 530 g/mol. The van der Waals surface area contributed by atoms with Crippen molar-refractivity contribution >= 4 is 35.1 Å². The zero-order chi connectivity index (χ0) is 27.9. The number of imidazole rings is 1. The fourth-order valence-corrected chi connectivity index (χ4v) is 3.58. The van der Waals surface area contributed by atoms with Crippen molar-refractivity contribution < 1.29 is 33.3 Å². The summed E-state index contributed by atoms with van der Waals surface area (Å²) in [6.45, 7) is 5.04. The maximum atomic E-state index is 13.5. The first-order valence-corrected chi connectivity index (χ1v) is 11.7. The average molecular weight is 531 g/mol. The number of hydrogen-bond donors (Lipinski definition) is 3. The molecule has 2 heterocycles. The highest BCUT2D eigenvalue weighted by atomic mass is 16.6. The lowest BCUT2D eigenvalue weighted by atomic mass is 9.93. The van der Waals surface area contributed by atoms with Crippen molar-refractivity contribution in [2.45, 2.75) is 58.8 Å². The van der Waals surface area contributed by atoms with Gasteiger partial charge in [-0.05, 0) is 25.8 Å². The summed E-state index contributed by atoms with van der Waals surface area (Å²) in [6.07, 6.45) is 0.657. The molecule has 1 amide bonds. The van der Waals surface area contributed by atoms with Gasteiger partial charge in [0.15, 0.2) is 16.8 Å². The molecule has 0 radical (unpaired) electrons. The third-order valence-corrected chi connectivity index (χ3v) is 5.38. The largest absolute Gasteiger partial charge is 0.462 e. The van der Waals surface area contributed by atoms with E-state index in [1.807, 2.05) is 6.07 Å². The highest BCUT2D eigenvalue weighted by Gasteiger charge is 2.58. The second kappa shape index (κ2) is 11.7. The van der Waals surface area contributed by atoms with Gasteiger partial charge in [-0.1, -0.05) is 37.3 Å². The minimum atomic E-state index is -2.40. The van der Waals surface area contributed by atoms with Crippen LogP contribution in [0.1, 0.15) is 39.7 Å². The van der Waals surface area contributed by atoms with Crippen LogP contribution in [0.15, 0.2) is 41.5 Å². The van der Waals surface area contributed by atoms with E-state index < -0.39 is 41.6 Å². The predicted molar refractivity (Wildman–Crippen MR) is 133 cm³/mol. The van der Waals surface area contributed by atoms with Crippen LogP contribution < -0.4 is 16.6 Å². The summed E-state index contributed by atoms with van der Waals surface area (Å²) in [6, 6.07) is 8.86. The lowest BCUT2D eigenvalue weighted by molar-refractivity contribution is -0.232. The molecule has 3 rings (SSSR count). The van der Waals surface area contributed by atoms with Crippen LogP contribution in [0.2, 0.25) is 0 Å². The highest BCUT2D eigenvalue weighted by molar-refractivity contribution is 5.86. The number of nitrogens with zero attached hydrogens (tertiary/aromatic N) is 3. The Balaban J connectivity index is 1.99. The zero-order valence-corrected chi connectivity index (χ0v) is 21.5. The summed E-state index contributed by atoms with van der Waals surface area (Å²) in [4.78, 5) is 60.9. The molecule has 0 aliphatic heterocycles. The van der Waals surface area contributed by atoms with Crippen molar-refractivity contribution in [3.05, 3.63) is 52.6 Å². The quantitative estimate of drug-likeness (QED) is 0.185. The van der Waals surface area contributed by atoms with Crippen LogP contribution in [-0.2, 0) is 41.9 Å². The minimum Gasteiger partial charge on any atom is -0.462 e. The number of ether oxygens (including phenoxy) is 4. The molecule has 0 saturated heterocycles. The molecule has 1 aromatic carbocycles. The molecule has 0 unspecified atom stereocenters. The number of hydrogen-bond acceptors (Lipinski definition) is 11. The Bertz CT molecular complexity index is 1350. The van der Waals surface area contributed by atoms with Crippen molar-refractivity contribution in [1.82, 2.24) is 24.8 Å². The van der Waals surface area contributed by atoms with Crippen LogP contribution in [0.25, 0.3) is 11.2 Å². The van der Waals surface area contributed by atoms with Crippen LogP contribution in [0.4, 0.5) is 10.7 Å². The summed E-state index contributed by atoms with van der Waals surface area (Å²) in [5.41, 5.74) is 1.59. The normalized spacial score (nSPS) is 12.9. The lowest BCUT2D eigenvalue weighted by Gasteiger charge is -2.42. The van der Waals surface area contributed by atoms with Gasteiger partial charge in [-0.15, -0.1) is 0 Å². The summed E-state index contributed by atoms with van der Waals surface area (Å²) in [5.74, 6) is -1.96. The van der Waals surface area contributed by atoms with Crippen LogP contribution in [0, 0.1) is 0 Å². The molecular weight excluding hydrogens is 500 g/mol. The number of carbonyl (C=O) groups is 3. The number of nitrogens with one attached hydrogen (secondary N) is 2. The van der Waals surface area contributed by atoms with Crippen LogP contribution >= 0.6 is 0 Å². The number of alkyl carbamates (subject to hydrolysis) is 1. The molecular formula is C24H30N6O8. The Hall–Kier alpha value is -4.46. The number of esters is 2. The highest BCUT2D eigenvalue weighted by Crippen LogP contribution is 2.31. The Morgan fingerprint density at radius 1 is 1.16 bits per heavy atom. The third kappa shape index (κ3) is 6.26. The molecule has 0 bridgehead atoms. The molecule has 0 aliphatic carbocycles. The van der Waals surface area contributed by atoms with Gasteiger partial charge in [-0.3, -0.25) is 24.5 Å². The first kappa shape index (κ1) is 28.1. The van der Waals surface area contributed by atoms with Gasteiger partial charge in [-0.2, -0.15) is 4.98 Å². The van der Waals surface area contributed by atoms with Crippen LogP contribution in [-0.4, -0.2) is 55.5 Å². The number of rotatable bonds is 11. The van der Waals surface area contributed by atoms with Crippen LogP contribution in [0.3, 0.4) is 0 Å². The van der Waals surface area contributed by atoms with Crippen molar-refractivity contribution in [1.29, 1.82) is 0 Å². The first-order chi connectivity index (χ1) is 18.0. The maximum absolute atomic E-state index is 13.5. The molecule has 0 fully saturated rings. The number of nitrogen functional groups attached to an aromatic ring is 1. The molecule has 38 heavy (non-hydrogen) atoms. The van der Waals surface area contributed by atoms with Gasteiger partial charge in [0.05, 0.1) is 12.9 Å². The number of anilines is 1. The second-order valence-electron chi connectivity index (χ2n) is 8.72. The second-order valence-corrected chi connectivity index (χ2v) is 8.72. The van der Waals surface area contributed by atoms with Gasteiger partial charge in [0, 0.05) is 6.92 Å². The Morgan fingerprint density at radius 3 is 2.53 bits per heavy atom. The van der Waals surface area contributed by atoms with E-state index >= 15 is 0 Å². The minimum absolute atomic E-state index is 0.0116. The number of nitrogens with two attached hydrogens (primary N) is 1. The first-order valence-electron chi connectivity index (χ1n) is 11.7. The number of aromatic nitrogens is 4. The average Bonchev–Trinajstić information content (AvgIpc) is 3.26. The van der Waals surface area contributed by atoms with Crippen molar-refractivity contribution in [3.63, 3.8) is 0 Å². The van der Waals surface area contributed by atoms with Gasteiger partial charge in [0.25, 0.3) is 11.3 Å². The fraction of sp³-hybridized carbons (Fsp3) is 0.417. The van der Waals surface area contributed by atoms with E-state index in [-0.39, 0.29) is 30.3 Å². The molecule has 14 heteroatoms. The smallest absolute Gasteiger partial charge is 0.410 e. The number of benzene rings is 1. The standard InChI is InChI=1S/C24H30N6O8/c1-5-11-35-20(33)24(23(3,4)38-15(2)31,29-22(34)36-12-16-9-7-6-8-10-16)37-14-30-13-26-17-18(30)27-21(25)28-19(17)32/h6-10,13H,5,11-12,14H2,1-4H3,(H,29,34)(H3,25,27,28,32)/t24-/m0/s1. The van der Waals surface area contributed by atoms with E-state index in [4.69, 9.17) is 24.7 Å². The summed E-state index contributed by atoms with van der Waals surface area (Å²) in [7, 11) is 0. The molecule has 14 nitrogen and oxygen atoms in total. The molecule has 0 aliphatic rings. The van der Waals surface area contributed by atoms with Crippen molar-refractivity contribution in [2.75, 3.05) is 12.3 Å². The number of aromatic amines is 1. The van der Waals surface area contributed by atoms with E-state index in [2.05, 4.69) is 20.3 Å². The third-order valence-electron chi connectivity index (χ3n) is 5.38. The Labute approximate surface area is 217 Å². The van der Waals surface area contributed by atoms with Gasteiger partial charge < -0.3 is 24.7 Å². The summed E-state index contributed by atoms with van der Waals surface area (Å²) < 4.78 is 23.3. The van der Waals surface area contributed by atoms with Gasteiger partial charge >= 0.3 is 18.0 Å².